The molecule has 0 aliphatic carbocycles. The fourth-order valence-electron chi connectivity index (χ4n) is 1.11. The lowest BCUT2D eigenvalue weighted by atomic mass is 10.5. The molecule has 0 unspecified atom stereocenters. The Bertz CT molecular complexity index is 476. The number of alkyl halides is 3. The number of hydrogen-bond acceptors (Lipinski definition) is 2. The van der Waals surface area contributed by atoms with Crippen molar-refractivity contribution in [2.75, 3.05) is 0 Å². The molecule has 7 heteroatoms. The molecule has 2 aromatic rings. The van der Waals surface area contributed by atoms with Crippen molar-refractivity contribution in [1.82, 2.24) is 14.4 Å². The molecule has 0 radical (unpaired) electrons. The monoisotopic (exact) mass is 221 g/mol. The number of aromatic nitrogens is 3. The van der Waals surface area contributed by atoms with E-state index in [9.17, 15) is 13.2 Å². The van der Waals surface area contributed by atoms with Crippen molar-refractivity contribution in [2.45, 2.75) is 6.18 Å². The first-order valence-electron chi connectivity index (χ1n) is 3.55. The summed E-state index contributed by atoms with van der Waals surface area (Å²) in [5, 5.41) is -0.00417. The molecule has 3 nitrogen and oxygen atoms in total. The molecule has 0 amide bonds. The first-order valence-corrected chi connectivity index (χ1v) is 3.92. The van der Waals surface area contributed by atoms with Gasteiger partial charge in [0.15, 0.2) is 5.15 Å². The molecular formula is C7H3ClF3N3. The molecule has 0 aliphatic rings. The van der Waals surface area contributed by atoms with Gasteiger partial charge in [0.1, 0.15) is 5.52 Å². The molecule has 0 atom stereocenters. The van der Waals surface area contributed by atoms with Crippen LogP contribution < -0.4 is 0 Å². The van der Waals surface area contributed by atoms with Gasteiger partial charge in [-0.1, -0.05) is 11.6 Å². The highest BCUT2D eigenvalue weighted by Gasteiger charge is 2.36. The molecule has 2 aromatic heterocycles. The zero-order valence-electron chi connectivity index (χ0n) is 6.59. The van der Waals surface area contributed by atoms with E-state index in [-0.39, 0.29) is 10.7 Å². The standard InChI is InChI=1S/C7H3ClF3N3/c8-5-4-3-13-6(7(9,10)11)14(4)2-1-12-5/h1-3H. The van der Waals surface area contributed by atoms with E-state index in [0.29, 0.717) is 0 Å². The number of nitrogens with zero attached hydrogens (tertiary/aromatic N) is 3. The van der Waals surface area contributed by atoms with Crippen LogP contribution in [-0.4, -0.2) is 14.4 Å². The van der Waals surface area contributed by atoms with Crippen molar-refractivity contribution in [1.29, 1.82) is 0 Å². The van der Waals surface area contributed by atoms with Gasteiger partial charge < -0.3 is 0 Å². The summed E-state index contributed by atoms with van der Waals surface area (Å²) in [7, 11) is 0. The van der Waals surface area contributed by atoms with Crippen molar-refractivity contribution < 1.29 is 13.2 Å². The van der Waals surface area contributed by atoms with Crippen LogP contribution in [0.15, 0.2) is 18.6 Å². The fourth-order valence-corrected chi connectivity index (χ4v) is 1.30. The van der Waals surface area contributed by atoms with Gasteiger partial charge in [-0.25, -0.2) is 9.97 Å². The quantitative estimate of drug-likeness (QED) is 0.684. The molecule has 2 rings (SSSR count). The Labute approximate surface area is 81.2 Å². The summed E-state index contributed by atoms with van der Waals surface area (Å²) in [4.78, 5) is 6.88. The highest BCUT2D eigenvalue weighted by atomic mass is 35.5. The Balaban J connectivity index is 2.76. The third kappa shape index (κ3) is 1.31. The summed E-state index contributed by atoms with van der Waals surface area (Å²) in [6.45, 7) is 0. The van der Waals surface area contributed by atoms with Crippen LogP contribution in [0.1, 0.15) is 5.82 Å². The maximum absolute atomic E-state index is 12.3. The van der Waals surface area contributed by atoms with Gasteiger partial charge in [0, 0.05) is 12.4 Å². The van der Waals surface area contributed by atoms with Crippen LogP contribution in [0.25, 0.3) is 5.52 Å². The number of rotatable bonds is 0. The first-order chi connectivity index (χ1) is 6.50. The van der Waals surface area contributed by atoms with Gasteiger partial charge in [0.05, 0.1) is 6.20 Å². The van der Waals surface area contributed by atoms with Crippen molar-refractivity contribution in [3.63, 3.8) is 0 Å². The summed E-state index contributed by atoms with van der Waals surface area (Å²) < 4.78 is 37.9. The van der Waals surface area contributed by atoms with E-state index in [1.54, 1.807) is 0 Å². The lowest BCUT2D eigenvalue weighted by Crippen LogP contribution is -2.10. The van der Waals surface area contributed by atoms with E-state index in [1.807, 2.05) is 0 Å². The largest absolute Gasteiger partial charge is 0.450 e. The van der Waals surface area contributed by atoms with Gasteiger partial charge in [0.25, 0.3) is 0 Å². The van der Waals surface area contributed by atoms with Crippen LogP contribution >= 0.6 is 11.6 Å². The van der Waals surface area contributed by atoms with E-state index < -0.39 is 12.0 Å². The molecule has 0 spiro atoms. The van der Waals surface area contributed by atoms with Gasteiger partial charge in [-0.05, 0) is 0 Å². The van der Waals surface area contributed by atoms with Gasteiger partial charge in [0.2, 0.25) is 5.82 Å². The molecule has 0 aromatic carbocycles. The molecular weight excluding hydrogens is 219 g/mol. The van der Waals surface area contributed by atoms with E-state index in [2.05, 4.69) is 9.97 Å². The minimum Gasteiger partial charge on any atom is -0.292 e. The molecule has 0 N–H and O–H groups in total. The average molecular weight is 222 g/mol. The fraction of sp³-hybridized carbons (Fsp3) is 0.143. The summed E-state index contributed by atoms with van der Waals surface area (Å²) in [6.07, 6.45) is -1.10. The molecule has 0 fully saturated rings. The first kappa shape index (κ1) is 9.26. The normalized spacial score (nSPS) is 12.3. The molecule has 2 heterocycles. The lowest BCUT2D eigenvalue weighted by Gasteiger charge is -2.04. The number of hydrogen-bond donors (Lipinski definition) is 0. The number of fused-ring (bicyclic) bond motifs is 1. The topological polar surface area (TPSA) is 30.2 Å². The minimum absolute atomic E-state index is 0.00417. The Morgan fingerprint density at radius 3 is 2.64 bits per heavy atom. The van der Waals surface area contributed by atoms with Crippen molar-refractivity contribution in [3.8, 4) is 0 Å². The molecule has 0 saturated heterocycles. The van der Waals surface area contributed by atoms with Crippen molar-refractivity contribution in [2.24, 2.45) is 0 Å². The summed E-state index contributed by atoms with van der Waals surface area (Å²) >= 11 is 5.58. The Kier molecular flexibility index (Phi) is 1.88. The van der Waals surface area contributed by atoms with Crippen LogP contribution in [0.4, 0.5) is 13.2 Å². The van der Waals surface area contributed by atoms with Gasteiger partial charge >= 0.3 is 6.18 Å². The average Bonchev–Trinajstić information content (AvgIpc) is 2.47. The molecule has 0 saturated carbocycles. The van der Waals surface area contributed by atoms with Crippen LogP contribution in [0.5, 0.6) is 0 Å². The highest BCUT2D eigenvalue weighted by Crippen LogP contribution is 2.29. The minimum atomic E-state index is -4.49. The predicted octanol–water partition coefficient (Wildman–Crippen LogP) is 2.40. The van der Waals surface area contributed by atoms with E-state index in [0.717, 1.165) is 16.8 Å². The van der Waals surface area contributed by atoms with E-state index in [4.69, 9.17) is 11.6 Å². The summed E-state index contributed by atoms with van der Waals surface area (Å²) in [5.74, 6) is -1.00. The zero-order chi connectivity index (χ0) is 10.3. The second-order valence-corrected chi connectivity index (χ2v) is 2.91. The number of halogens is 4. The van der Waals surface area contributed by atoms with Crippen LogP contribution in [0.3, 0.4) is 0 Å². The van der Waals surface area contributed by atoms with E-state index in [1.165, 1.54) is 6.20 Å². The zero-order valence-corrected chi connectivity index (χ0v) is 7.34. The lowest BCUT2D eigenvalue weighted by molar-refractivity contribution is -0.145. The maximum Gasteiger partial charge on any atom is 0.450 e. The SMILES string of the molecule is FC(F)(F)c1ncc2c(Cl)nccn12. The van der Waals surface area contributed by atoms with Gasteiger partial charge in [-0.15, -0.1) is 0 Å². The predicted molar refractivity (Wildman–Crippen MR) is 43.0 cm³/mol. The summed E-state index contributed by atoms with van der Waals surface area (Å²) in [5.41, 5.74) is 0.140. The maximum atomic E-state index is 12.3. The van der Waals surface area contributed by atoms with Crippen LogP contribution in [-0.2, 0) is 6.18 Å². The number of imidazole rings is 1. The molecule has 14 heavy (non-hydrogen) atoms. The van der Waals surface area contributed by atoms with Crippen molar-refractivity contribution in [3.05, 3.63) is 29.6 Å². The Morgan fingerprint density at radius 2 is 2.00 bits per heavy atom. The Morgan fingerprint density at radius 1 is 1.29 bits per heavy atom. The Hall–Kier alpha value is -1.30. The molecule has 74 valence electrons. The third-order valence-corrected chi connectivity index (χ3v) is 1.96. The van der Waals surface area contributed by atoms with Gasteiger partial charge in [-0.3, -0.25) is 4.40 Å². The smallest absolute Gasteiger partial charge is 0.292 e. The highest BCUT2D eigenvalue weighted by molar-refractivity contribution is 6.32. The second kappa shape index (κ2) is 2.84. The van der Waals surface area contributed by atoms with E-state index >= 15 is 0 Å². The molecule has 0 aliphatic heterocycles. The second-order valence-electron chi connectivity index (χ2n) is 2.55. The van der Waals surface area contributed by atoms with Gasteiger partial charge in [-0.2, -0.15) is 13.2 Å². The van der Waals surface area contributed by atoms with Crippen LogP contribution in [0, 0.1) is 0 Å². The molecule has 0 bridgehead atoms. The third-order valence-electron chi connectivity index (χ3n) is 1.67. The summed E-state index contributed by atoms with van der Waals surface area (Å²) in [6, 6.07) is 0. The van der Waals surface area contributed by atoms with Crippen LogP contribution in [0.2, 0.25) is 5.15 Å². The van der Waals surface area contributed by atoms with Crippen molar-refractivity contribution >= 4 is 17.1 Å².